The van der Waals surface area contributed by atoms with Gasteiger partial charge in [-0.3, -0.25) is 19.8 Å². The number of rotatable bonds is 5. The first-order valence-corrected chi connectivity index (χ1v) is 10.5. The second kappa shape index (κ2) is 9.12. The summed E-state index contributed by atoms with van der Waals surface area (Å²) in [5.74, 6) is -0.151. The van der Waals surface area contributed by atoms with Gasteiger partial charge in [-0.2, -0.15) is 0 Å². The second-order valence-electron chi connectivity index (χ2n) is 7.07. The number of non-ortho nitro benzene ring substituents is 1. The zero-order chi connectivity index (χ0) is 22.7. The third-order valence-corrected chi connectivity index (χ3v) is 5.63. The number of para-hydroxylation sites is 1. The van der Waals surface area contributed by atoms with Crippen LogP contribution in [0.25, 0.3) is 11.3 Å². The summed E-state index contributed by atoms with van der Waals surface area (Å²) in [6, 6.07) is 13.5. The maximum Gasteiger partial charge on any atom is 0.416 e. The lowest BCUT2D eigenvalue weighted by atomic mass is 10.1. The summed E-state index contributed by atoms with van der Waals surface area (Å²) >= 11 is 1.18. The Balaban J connectivity index is 1.43. The average Bonchev–Trinajstić information content (AvgIpc) is 3.41. The fourth-order valence-corrected chi connectivity index (χ4v) is 4.04. The number of likely N-dealkylation sites (tertiary alicyclic amines) is 1. The molecule has 1 aliphatic rings. The predicted molar refractivity (Wildman–Crippen MR) is 116 cm³/mol. The van der Waals surface area contributed by atoms with Crippen LogP contribution in [-0.2, 0) is 4.79 Å². The summed E-state index contributed by atoms with van der Waals surface area (Å²) in [6.45, 7) is -0.0182. The molecule has 2 amide bonds. The van der Waals surface area contributed by atoms with E-state index in [-0.39, 0.29) is 18.7 Å². The van der Waals surface area contributed by atoms with Gasteiger partial charge >= 0.3 is 6.09 Å². The van der Waals surface area contributed by atoms with Crippen molar-refractivity contribution in [3.63, 3.8) is 0 Å². The Labute approximate surface area is 186 Å². The number of β-amino-alcohol motifs (C(OH)–C–C–N with tert-alkyl or cyclic N) is 1. The predicted octanol–water partition coefficient (Wildman–Crippen LogP) is 3.29. The van der Waals surface area contributed by atoms with E-state index in [1.54, 1.807) is 47.8 Å². The number of nitrogens with zero attached hydrogens (tertiary/aromatic N) is 3. The Morgan fingerprint density at radius 3 is 2.59 bits per heavy atom. The molecule has 4 rings (SSSR count). The molecule has 1 aromatic heterocycles. The number of aliphatic hydroxyl groups excluding tert-OH is 1. The van der Waals surface area contributed by atoms with E-state index >= 15 is 0 Å². The lowest BCUT2D eigenvalue weighted by Crippen LogP contribution is -2.44. The summed E-state index contributed by atoms with van der Waals surface area (Å²) in [4.78, 5) is 41.2. The number of ether oxygens (including phenoxy) is 1. The van der Waals surface area contributed by atoms with Crippen LogP contribution < -0.4 is 10.1 Å². The van der Waals surface area contributed by atoms with Gasteiger partial charge in [-0.1, -0.05) is 18.2 Å². The van der Waals surface area contributed by atoms with Gasteiger partial charge in [0.2, 0.25) is 5.91 Å². The van der Waals surface area contributed by atoms with Crippen molar-refractivity contribution in [2.45, 2.75) is 18.6 Å². The van der Waals surface area contributed by atoms with Crippen LogP contribution in [0.1, 0.15) is 6.42 Å². The molecule has 1 saturated heterocycles. The molecule has 11 heteroatoms. The van der Waals surface area contributed by atoms with Crippen molar-refractivity contribution in [2.24, 2.45) is 0 Å². The van der Waals surface area contributed by atoms with Gasteiger partial charge in [0.05, 0.1) is 23.3 Å². The van der Waals surface area contributed by atoms with Crippen molar-refractivity contribution in [3.8, 4) is 17.0 Å². The Hall–Kier alpha value is -3.83. The Kier molecular flexibility index (Phi) is 6.10. The number of thiazole rings is 1. The van der Waals surface area contributed by atoms with Gasteiger partial charge < -0.3 is 15.2 Å². The van der Waals surface area contributed by atoms with Gasteiger partial charge in [0.15, 0.2) is 5.13 Å². The highest BCUT2D eigenvalue weighted by atomic mass is 32.1. The number of benzene rings is 2. The quantitative estimate of drug-likeness (QED) is 0.446. The first-order valence-electron chi connectivity index (χ1n) is 9.63. The lowest BCUT2D eigenvalue weighted by molar-refractivity contribution is -0.384. The number of carbonyl (C=O) groups is 2. The van der Waals surface area contributed by atoms with Crippen molar-refractivity contribution >= 4 is 34.2 Å². The molecule has 32 heavy (non-hydrogen) atoms. The maximum atomic E-state index is 12.8. The Morgan fingerprint density at radius 2 is 1.91 bits per heavy atom. The Bertz CT molecular complexity index is 1130. The number of carbonyl (C=O) groups excluding carboxylic acids is 2. The van der Waals surface area contributed by atoms with E-state index in [4.69, 9.17) is 4.74 Å². The standard InChI is InChI=1S/C21H18N4O6S/c26-15-10-18(24(11-15)21(28)31-16-4-2-1-3-5-16)19(27)23-20-22-17(12-32-20)13-6-8-14(9-7-13)25(29)30/h1-9,12,15,18,26H,10-11H2,(H,22,23,27)/t15-,18+/m1/s1. The molecule has 0 saturated carbocycles. The first kappa shape index (κ1) is 21.4. The molecule has 0 radical (unpaired) electrons. The van der Waals surface area contributed by atoms with E-state index < -0.39 is 29.1 Å². The summed E-state index contributed by atoms with van der Waals surface area (Å²) in [5.41, 5.74) is 1.18. The van der Waals surface area contributed by atoms with E-state index in [1.807, 2.05) is 0 Å². The van der Waals surface area contributed by atoms with Crippen LogP contribution in [0.15, 0.2) is 60.0 Å². The highest BCUT2D eigenvalue weighted by Crippen LogP contribution is 2.28. The molecule has 2 heterocycles. The van der Waals surface area contributed by atoms with Crippen molar-refractivity contribution < 1.29 is 24.4 Å². The monoisotopic (exact) mass is 454 g/mol. The van der Waals surface area contributed by atoms with Gasteiger partial charge in [-0.25, -0.2) is 9.78 Å². The van der Waals surface area contributed by atoms with Crippen molar-refractivity contribution in [1.82, 2.24) is 9.88 Å². The van der Waals surface area contributed by atoms with Crippen LogP contribution in [0, 0.1) is 10.1 Å². The highest BCUT2D eigenvalue weighted by molar-refractivity contribution is 7.14. The average molecular weight is 454 g/mol. The number of aromatic nitrogens is 1. The molecule has 1 aliphatic heterocycles. The summed E-state index contributed by atoms with van der Waals surface area (Å²) in [6.07, 6.45) is -1.49. The SMILES string of the molecule is O=C(Nc1nc(-c2ccc([N+](=O)[O-])cc2)cs1)[C@@H]1C[C@@H](O)CN1C(=O)Oc1ccccc1. The van der Waals surface area contributed by atoms with Crippen LogP contribution in [0.5, 0.6) is 5.75 Å². The molecule has 3 aromatic rings. The number of hydrogen-bond donors (Lipinski definition) is 2. The van der Waals surface area contributed by atoms with Gasteiger partial charge in [-0.05, 0) is 24.3 Å². The van der Waals surface area contributed by atoms with Crippen molar-refractivity contribution in [2.75, 3.05) is 11.9 Å². The first-order chi connectivity index (χ1) is 15.4. The molecule has 10 nitrogen and oxygen atoms in total. The van der Waals surface area contributed by atoms with Gasteiger partial charge in [0, 0.05) is 29.5 Å². The Morgan fingerprint density at radius 1 is 1.19 bits per heavy atom. The minimum atomic E-state index is -0.909. The van der Waals surface area contributed by atoms with E-state index in [1.165, 1.54) is 28.4 Å². The van der Waals surface area contributed by atoms with Crippen LogP contribution >= 0.6 is 11.3 Å². The zero-order valence-electron chi connectivity index (χ0n) is 16.6. The fraction of sp³-hybridized carbons (Fsp3) is 0.190. The summed E-state index contributed by atoms with van der Waals surface area (Å²) < 4.78 is 5.30. The molecule has 0 spiro atoms. The maximum absolute atomic E-state index is 12.8. The summed E-state index contributed by atoms with van der Waals surface area (Å²) in [7, 11) is 0. The molecular weight excluding hydrogens is 436 g/mol. The largest absolute Gasteiger partial charge is 0.416 e. The number of hydrogen-bond acceptors (Lipinski definition) is 8. The minimum absolute atomic E-state index is 0.0182. The number of nitro benzene ring substituents is 1. The minimum Gasteiger partial charge on any atom is -0.410 e. The van der Waals surface area contributed by atoms with E-state index in [2.05, 4.69) is 10.3 Å². The molecule has 2 N–H and O–H groups in total. The van der Waals surface area contributed by atoms with Gasteiger partial charge in [0.25, 0.3) is 5.69 Å². The van der Waals surface area contributed by atoms with Crippen LogP contribution in [0.4, 0.5) is 15.6 Å². The smallest absolute Gasteiger partial charge is 0.410 e. The summed E-state index contributed by atoms with van der Waals surface area (Å²) in [5, 5.41) is 25.5. The third-order valence-electron chi connectivity index (χ3n) is 4.87. The van der Waals surface area contributed by atoms with Gasteiger partial charge in [0.1, 0.15) is 11.8 Å². The topological polar surface area (TPSA) is 135 Å². The number of nitrogens with one attached hydrogen (secondary N) is 1. The molecule has 2 aromatic carbocycles. The third kappa shape index (κ3) is 4.74. The van der Waals surface area contributed by atoms with Crippen LogP contribution in [0.3, 0.4) is 0 Å². The highest BCUT2D eigenvalue weighted by Gasteiger charge is 2.40. The molecule has 0 bridgehead atoms. The number of anilines is 1. The zero-order valence-corrected chi connectivity index (χ0v) is 17.4. The number of nitro groups is 1. The normalized spacial score (nSPS) is 17.7. The van der Waals surface area contributed by atoms with E-state index in [0.29, 0.717) is 22.1 Å². The second-order valence-corrected chi connectivity index (χ2v) is 7.93. The molecule has 164 valence electrons. The van der Waals surface area contributed by atoms with Crippen molar-refractivity contribution in [3.05, 3.63) is 70.1 Å². The molecule has 0 unspecified atom stereocenters. The van der Waals surface area contributed by atoms with Crippen molar-refractivity contribution in [1.29, 1.82) is 0 Å². The molecular formula is C21H18N4O6S. The van der Waals surface area contributed by atoms with E-state index in [0.717, 1.165) is 0 Å². The van der Waals surface area contributed by atoms with Crippen LogP contribution in [-0.4, -0.2) is 50.6 Å². The van der Waals surface area contributed by atoms with Gasteiger partial charge in [-0.15, -0.1) is 11.3 Å². The van der Waals surface area contributed by atoms with Crippen LogP contribution in [0.2, 0.25) is 0 Å². The number of aliphatic hydroxyl groups is 1. The number of amides is 2. The molecule has 0 aliphatic carbocycles. The van der Waals surface area contributed by atoms with E-state index in [9.17, 15) is 24.8 Å². The lowest BCUT2D eigenvalue weighted by Gasteiger charge is -2.22. The molecule has 2 atom stereocenters. The fourth-order valence-electron chi connectivity index (χ4n) is 3.32. The molecule has 1 fully saturated rings.